The van der Waals surface area contributed by atoms with Gasteiger partial charge in [0.25, 0.3) is 0 Å². The van der Waals surface area contributed by atoms with Gasteiger partial charge in [-0.25, -0.2) is 0 Å². The quantitative estimate of drug-likeness (QED) is 0.764. The fourth-order valence-corrected chi connectivity index (χ4v) is 5.40. The molecule has 0 bridgehead atoms. The molecule has 0 spiro atoms. The lowest BCUT2D eigenvalue weighted by Gasteiger charge is -2.46. The summed E-state index contributed by atoms with van der Waals surface area (Å²) in [4.78, 5) is 0. The van der Waals surface area contributed by atoms with Crippen molar-refractivity contribution in [3.05, 3.63) is 0 Å². The van der Waals surface area contributed by atoms with E-state index in [-0.39, 0.29) is 6.10 Å². The second-order valence-electron chi connectivity index (χ2n) is 8.60. The average molecular weight is 290 g/mol. The first-order chi connectivity index (χ1) is 9.77. The van der Waals surface area contributed by atoms with E-state index in [0.29, 0.717) is 16.7 Å². The Kier molecular flexibility index (Phi) is 3.66. The van der Waals surface area contributed by atoms with E-state index in [9.17, 15) is 10.2 Å². The van der Waals surface area contributed by atoms with Gasteiger partial charge in [0.05, 0.1) is 6.10 Å². The summed E-state index contributed by atoms with van der Waals surface area (Å²) >= 11 is 0. The van der Waals surface area contributed by atoms with Crippen molar-refractivity contribution in [2.24, 2.45) is 22.7 Å². The van der Waals surface area contributed by atoms with E-state index in [0.717, 1.165) is 18.8 Å². The molecule has 0 saturated heterocycles. The number of hydrogen-bond donors (Lipinski definition) is 2. The molecule has 3 fully saturated rings. The molecular formula is C19H30O2. The highest BCUT2D eigenvalue weighted by molar-refractivity contribution is 5.18. The van der Waals surface area contributed by atoms with Crippen molar-refractivity contribution in [3.8, 4) is 11.8 Å². The molecule has 3 aliphatic carbocycles. The summed E-state index contributed by atoms with van der Waals surface area (Å²) < 4.78 is 0. The fourth-order valence-electron chi connectivity index (χ4n) is 5.40. The second-order valence-corrected chi connectivity index (χ2v) is 8.60. The molecule has 4 atom stereocenters. The Bertz CT molecular complexity index is 460. The fraction of sp³-hybridized carbons (Fsp3) is 0.895. The third-order valence-corrected chi connectivity index (χ3v) is 6.56. The first-order valence-corrected chi connectivity index (χ1v) is 8.67. The minimum atomic E-state index is -0.876. The second kappa shape index (κ2) is 5.00. The predicted octanol–water partition coefficient (Wildman–Crippen LogP) is 3.51. The highest BCUT2D eigenvalue weighted by atomic mass is 16.3. The van der Waals surface area contributed by atoms with Crippen molar-refractivity contribution in [1.82, 2.24) is 0 Å². The molecule has 3 saturated carbocycles. The summed E-state index contributed by atoms with van der Waals surface area (Å²) in [5, 5.41) is 20.1. The van der Waals surface area contributed by atoms with Gasteiger partial charge in [0, 0.05) is 6.42 Å². The standard InChI is InChI=1S/C19H30O2/c1-17(2,21)9-5-11-19(12-13-19)16-8-7-14-15(20)6-4-10-18(14,16)3/h14-16,20-21H,4,6-8,10-13H2,1-3H3. The lowest BCUT2D eigenvalue weighted by Crippen LogP contribution is -2.42. The van der Waals surface area contributed by atoms with Crippen molar-refractivity contribution in [1.29, 1.82) is 0 Å². The maximum absolute atomic E-state index is 10.4. The van der Waals surface area contributed by atoms with Crippen LogP contribution in [0.2, 0.25) is 0 Å². The Morgan fingerprint density at radius 2 is 1.86 bits per heavy atom. The molecule has 3 aliphatic rings. The van der Waals surface area contributed by atoms with Crippen LogP contribution in [0.3, 0.4) is 0 Å². The van der Waals surface area contributed by atoms with E-state index < -0.39 is 5.60 Å². The zero-order valence-corrected chi connectivity index (χ0v) is 13.8. The topological polar surface area (TPSA) is 40.5 Å². The van der Waals surface area contributed by atoms with Gasteiger partial charge in [-0.2, -0.15) is 0 Å². The minimum absolute atomic E-state index is 0.0768. The minimum Gasteiger partial charge on any atom is -0.393 e. The Labute approximate surface area is 129 Å². The van der Waals surface area contributed by atoms with Gasteiger partial charge in [0.15, 0.2) is 0 Å². The normalized spacial score (nSPS) is 41.1. The Morgan fingerprint density at radius 1 is 1.14 bits per heavy atom. The van der Waals surface area contributed by atoms with Gasteiger partial charge in [0.1, 0.15) is 5.60 Å². The molecule has 2 N–H and O–H groups in total. The van der Waals surface area contributed by atoms with Crippen LogP contribution in [-0.4, -0.2) is 21.9 Å². The third-order valence-electron chi connectivity index (χ3n) is 6.56. The van der Waals surface area contributed by atoms with Gasteiger partial charge in [-0.3, -0.25) is 0 Å². The van der Waals surface area contributed by atoms with Gasteiger partial charge in [-0.05, 0) is 75.0 Å². The number of hydrogen-bond acceptors (Lipinski definition) is 2. The van der Waals surface area contributed by atoms with E-state index in [1.165, 1.54) is 38.5 Å². The molecule has 3 rings (SSSR count). The monoisotopic (exact) mass is 290 g/mol. The molecule has 0 aromatic rings. The van der Waals surface area contributed by atoms with Crippen LogP contribution in [0.25, 0.3) is 0 Å². The summed E-state index contributed by atoms with van der Waals surface area (Å²) in [7, 11) is 0. The Hall–Kier alpha value is -0.520. The van der Waals surface area contributed by atoms with E-state index in [1.54, 1.807) is 13.8 Å². The summed E-state index contributed by atoms with van der Waals surface area (Å²) in [5.74, 6) is 7.49. The molecule has 0 aliphatic heterocycles. The van der Waals surface area contributed by atoms with Crippen molar-refractivity contribution >= 4 is 0 Å². The van der Waals surface area contributed by atoms with Crippen LogP contribution in [-0.2, 0) is 0 Å². The van der Waals surface area contributed by atoms with Crippen molar-refractivity contribution < 1.29 is 10.2 Å². The number of fused-ring (bicyclic) bond motifs is 1. The maximum Gasteiger partial charge on any atom is 0.119 e. The zero-order chi connectivity index (χ0) is 15.3. The summed E-state index contributed by atoms with van der Waals surface area (Å²) in [6.45, 7) is 5.94. The van der Waals surface area contributed by atoms with E-state index in [1.807, 2.05) is 0 Å². The van der Waals surface area contributed by atoms with Crippen molar-refractivity contribution in [3.63, 3.8) is 0 Å². The Morgan fingerprint density at radius 3 is 2.48 bits per heavy atom. The van der Waals surface area contributed by atoms with Crippen LogP contribution < -0.4 is 0 Å². The van der Waals surface area contributed by atoms with Crippen molar-refractivity contribution in [2.75, 3.05) is 0 Å². The SMILES string of the molecule is CC(C)(O)C#CCC1(C2CCC3C(O)CCCC32C)CC1. The molecule has 4 unspecified atom stereocenters. The van der Waals surface area contributed by atoms with Crippen LogP contribution in [0.15, 0.2) is 0 Å². The highest BCUT2D eigenvalue weighted by Gasteiger charge is 2.61. The van der Waals surface area contributed by atoms with Crippen LogP contribution in [0.1, 0.15) is 72.1 Å². The molecule has 0 aromatic carbocycles. The number of aliphatic hydroxyl groups is 2. The molecular weight excluding hydrogens is 260 g/mol. The van der Waals surface area contributed by atoms with Crippen LogP contribution in [0.4, 0.5) is 0 Å². The molecule has 2 nitrogen and oxygen atoms in total. The molecule has 21 heavy (non-hydrogen) atoms. The number of rotatable bonds is 2. The van der Waals surface area contributed by atoms with Crippen molar-refractivity contribution in [2.45, 2.75) is 83.8 Å². The van der Waals surface area contributed by atoms with E-state index in [2.05, 4.69) is 18.8 Å². The van der Waals surface area contributed by atoms with Gasteiger partial charge in [-0.1, -0.05) is 25.2 Å². The van der Waals surface area contributed by atoms with Crippen LogP contribution >= 0.6 is 0 Å². The van der Waals surface area contributed by atoms with Gasteiger partial charge < -0.3 is 10.2 Å². The van der Waals surface area contributed by atoms with Gasteiger partial charge in [0.2, 0.25) is 0 Å². The predicted molar refractivity (Wildman–Crippen MR) is 84.5 cm³/mol. The highest BCUT2D eigenvalue weighted by Crippen LogP contribution is 2.68. The third kappa shape index (κ3) is 2.76. The van der Waals surface area contributed by atoms with E-state index in [4.69, 9.17) is 0 Å². The molecule has 0 amide bonds. The summed E-state index contributed by atoms with van der Waals surface area (Å²) in [6.07, 6.45) is 9.35. The smallest absolute Gasteiger partial charge is 0.119 e. The van der Waals surface area contributed by atoms with Gasteiger partial charge >= 0.3 is 0 Å². The molecule has 0 radical (unpaired) electrons. The van der Waals surface area contributed by atoms with Gasteiger partial charge in [-0.15, -0.1) is 0 Å². The molecule has 0 heterocycles. The van der Waals surface area contributed by atoms with Crippen LogP contribution in [0.5, 0.6) is 0 Å². The lowest BCUT2D eigenvalue weighted by molar-refractivity contribution is -0.0317. The number of aliphatic hydroxyl groups excluding tert-OH is 1. The average Bonchev–Trinajstić information content (AvgIpc) is 3.03. The summed E-state index contributed by atoms with van der Waals surface area (Å²) in [5.41, 5.74) is -0.164. The first kappa shape index (κ1) is 15.4. The molecule has 0 aromatic heterocycles. The first-order valence-electron chi connectivity index (χ1n) is 8.67. The molecule has 118 valence electrons. The molecule has 2 heteroatoms. The lowest BCUT2D eigenvalue weighted by atomic mass is 9.60. The largest absolute Gasteiger partial charge is 0.393 e. The maximum atomic E-state index is 10.4. The summed E-state index contributed by atoms with van der Waals surface area (Å²) in [6, 6.07) is 0. The van der Waals surface area contributed by atoms with E-state index >= 15 is 0 Å². The van der Waals surface area contributed by atoms with Crippen LogP contribution in [0, 0.1) is 34.5 Å². The zero-order valence-electron chi connectivity index (χ0n) is 13.8. The Balaban J connectivity index is 1.76.